The van der Waals surface area contributed by atoms with E-state index in [2.05, 4.69) is 22.1 Å². The van der Waals surface area contributed by atoms with Crippen molar-refractivity contribution in [1.82, 2.24) is 5.48 Å². The van der Waals surface area contributed by atoms with E-state index in [9.17, 15) is 23.2 Å². The molecule has 8 nitrogen and oxygen atoms in total. The number of carbonyl (C=O) groups is 1. The topological polar surface area (TPSA) is 102 Å². The highest BCUT2D eigenvalue weighted by atomic mass is 19.4. The summed E-state index contributed by atoms with van der Waals surface area (Å²) in [7, 11) is 0. The molecule has 2 heterocycles. The van der Waals surface area contributed by atoms with Crippen LogP contribution in [0.15, 0.2) is 42.5 Å². The second-order valence-electron chi connectivity index (χ2n) is 8.06. The Kier molecular flexibility index (Phi) is 6.86. The summed E-state index contributed by atoms with van der Waals surface area (Å²) in [4.78, 5) is 17.7. The molecule has 4 rings (SSSR count). The smallest absolute Gasteiger partial charge is 0.492 e. The molecule has 36 heavy (non-hydrogen) atoms. The number of fused-ring (bicyclic) bond motifs is 1. The Morgan fingerprint density at radius 3 is 2.75 bits per heavy atom. The van der Waals surface area contributed by atoms with Gasteiger partial charge in [-0.15, -0.1) is 13.2 Å². The first-order valence-corrected chi connectivity index (χ1v) is 11.1. The van der Waals surface area contributed by atoms with Crippen LogP contribution >= 0.6 is 0 Å². The van der Waals surface area contributed by atoms with Gasteiger partial charge in [-0.3, -0.25) is 4.79 Å². The van der Waals surface area contributed by atoms with Crippen molar-refractivity contribution < 1.29 is 39.8 Å². The number of nitrogens with zero attached hydrogens (tertiary/aromatic N) is 1. The van der Waals surface area contributed by atoms with Gasteiger partial charge in [0.2, 0.25) is 0 Å². The molecule has 1 saturated heterocycles. The predicted octanol–water partition coefficient (Wildman–Crippen LogP) is 4.60. The van der Waals surface area contributed by atoms with Crippen molar-refractivity contribution in [3.63, 3.8) is 0 Å². The molecule has 1 amide bonds. The number of carbonyl (C=O) groups excluding carboxylic acids is 1. The molecule has 190 valence electrons. The van der Waals surface area contributed by atoms with Crippen LogP contribution in [0, 0.1) is 11.3 Å². The summed E-state index contributed by atoms with van der Waals surface area (Å²) in [6.07, 6.45) is -3.13. The van der Waals surface area contributed by atoms with Crippen LogP contribution in [0.4, 0.5) is 18.9 Å². The second-order valence-corrected chi connectivity index (χ2v) is 8.06. The van der Waals surface area contributed by atoms with Crippen LogP contribution in [-0.2, 0) is 20.8 Å². The Bertz CT molecular complexity index is 1260. The van der Waals surface area contributed by atoms with Crippen LogP contribution in [0.5, 0.6) is 11.5 Å². The summed E-state index contributed by atoms with van der Waals surface area (Å²) in [5.74, 6) is -0.908. The number of nitrogens with one attached hydrogen (secondary N) is 2. The molecule has 11 heteroatoms. The Hall–Kier alpha value is -3.75. The minimum absolute atomic E-state index is 0.0836. The molecule has 2 aromatic rings. The number of halogens is 3. The van der Waals surface area contributed by atoms with Crippen molar-refractivity contribution in [1.29, 1.82) is 5.26 Å². The van der Waals surface area contributed by atoms with Crippen molar-refractivity contribution in [2.45, 2.75) is 38.3 Å². The van der Waals surface area contributed by atoms with Crippen molar-refractivity contribution in [3.05, 3.63) is 53.6 Å². The van der Waals surface area contributed by atoms with Crippen LogP contribution in [0.3, 0.4) is 0 Å². The molecule has 2 aromatic carbocycles. The zero-order valence-corrected chi connectivity index (χ0v) is 19.0. The predicted molar refractivity (Wildman–Crippen MR) is 123 cm³/mol. The third kappa shape index (κ3) is 6.08. The molecular weight excluding hydrogens is 479 g/mol. The van der Waals surface area contributed by atoms with Gasteiger partial charge in [0.1, 0.15) is 17.6 Å². The Labute approximate surface area is 208 Å². The maximum atomic E-state index is 12.5. The summed E-state index contributed by atoms with van der Waals surface area (Å²) >= 11 is 0. The van der Waals surface area contributed by atoms with Crippen molar-refractivity contribution in [2.75, 3.05) is 25.0 Å². The standard InChI is InChI=1S/C25H24F3N3O5/c1-15(24(32)31-36-22-4-2-3-10-33-22)14-30-21-12-19(23-18(9-11-34-23)20(21)13-29)16-5-7-17(8-6-16)35-25(26,27)28/h5-8,12,22,30H,1-4,9-11,14H2,(H,31,32)/i11D2. The largest absolute Gasteiger partial charge is 0.573 e. The van der Waals surface area contributed by atoms with Gasteiger partial charge in [-0.1, -0.05) is 18.7 Å². The molecule has 1 atom stereocenters. The Morgan fingerprint density at radius 1 is 1.31 bits per heavy atom. The van der Waals surface area contributed by atoms with Crippen molar-refractivity contribution in [3.8, 4) is 28.7 Å². The fraction of sp³-hybridized carbons (Fsp3) is 0.360. The molecule has 2 N–H and O–H groups in total. The average Bonchev–Trinajstić information content (AvgIpc) is 3.20. The number of alkyl halides is 3. The van der Waals surface area contributed by atoms with Crippen LogP contribution in [0.2, 0.25) is 0 Å². The maximum absolute atomic E-state index is 12.5. The first-order valence-electron chi connectivity index (χ1n) is 12.1. The van der Waals surface area contributed by atoms with Crippen molar-refractivity contribution >= 4 is 11.6 Å². The van der Waals surface area contributed by atoms with Crippen LogP contribution < -0.4 is 20.3 Å². The summed E-state index contributed by atoms with van der Waals surface area (Å²) in [6, 6.07) is 8.51. The molecule has 0 aliphatic carbocycles. The molecule has 2 aliphatic rings. The number of hydrogen-bond acceptors (Lipinski definition) is 7. The molecule has 1 fully saturated rings. The van der Waals surface area contributed by atoms with E-state index in [0.717, 1.165) is 25.0 Å². The fourth-order valence-corrected chi connectivity index (χ4v) is 3.78. The first-order chi connectivity index (χ1) is 18.0. The zero-order valence-electron chi connectivity index (χ0n) is 21.0. The van der Waals surface area contributed by atoms with E-state index in [-0.39, 0.29) is 35.5 Å². The summed E-state index contributed by atoms with van der Waals surface area (Å²) in [5.41, 5.74) is 3.80. The highest BCUT2D eigenvalue weighted by Crippen LogP contribution is 2.42. The lowest BCUT2D eigenvalue weighted by Crippen LogP contribution is -2.34. The van der Waals surface area contributed by atoms with E-state index in [1.807, 2.05) is 6.07 Å². The van der Waals surface area contributed by atoms with Gasteiger partial charge >= 0.3 is 6.36 Å². The number of ether oxygens (including phenoxy) is 3. The van der Waals surface area contributed by atoms with Gasteiger partial charge in [0.15, 0.2) is 6.29 Å². The second kappa shape index (κ2) is 10.9. The van der Waals surface area contributed by atoms with Crippen LogP contribution in [0.1, 0.15) is 33.1 Å². The minimum atomic E-state index is -4.85. The van der Waals surface area contributed by atoms with E-state index in [1.54, 1.807) is 0 Å². The monoisotopic (exact) mass is 505 g/mol. The highest BCUT2D eigenvalue weighted by Gasteiger charge is 2.31. The van der Waals surface area contributed by atoms with E-state index in [1.165, 1.54) is 18.2 Å². The lowest BCUT2D eigenvalue weighted by atomic mass is 9.95. The van der Waals surface area contributed by atoms with Gasteiger partial charge < -0.3 is 19.5 Å². The Balaban J connectivity index is 1.55. The summed E-state index contributed by atoms with van der Waals surface area (Å²) in [6.45, 7) is 2.10. The highest BCUT2D eigenvalue weighted by molar-refractivity contribution is 5.93. The average molecular weight is 505 g/mol. The lowest BCUT2D eigenvalue weighted by Gasteiger charge is -2.22. The van der Waals surface area contributed by atoms with Gasteiger partial charge in [0.25, 0.3) is 5.91 Å². The molecular formula is C25H24F3N3O5. The van der Waals surface area contributed by atoms with Crippen molar-refractivity contribution in [2.24, 2.45) is 0 Å². The van der Waals surface area contributed by atoms with Gasteiger partial charge in [-0.2, -0.15) is 5.26 Å². The number of nitriles is 1. The number of benzene rings is 2. The number of amides is 1. The molecule has 0 spiro atoms. The Morgan fingerprint density at radius 2 is 2.08 bits per heavy atom. The normalized spacial score (nSPS) is 19.1. The molecule has 2 aliphatic heterocycles. The number of hydroxylamine groups is 1. The van der Waals surface area contributed by atoms with Gasteiger partial charge in [0.05, 0.1) is 20.6 Å². The van der Waals surface area contributed by atoms with Gasteiger partial charge in [0, 0.05) is 42.7 Å². The van der Waals surface area contributed by atoms with E-state index in [0.29, 0.717) is 29.7 Å². The van der Waals surface area contributed by atoms with Gasteiger partial charge in [-0.05, 0) is 36.6 Å². The van der Waals surface area contributed by atoms with Gasteiger partial charge in [-0.25, -0.2) is 10.3 Å². The van der Waals surface area contributed by atoms with E-state index < -0.39 is 30.9 Å². The fourth-order valence-electron chi connectivity index (χ4n) is 3.78. The third-order valence-corrected chi connectivity index (χ3v) is 5.55. The maximum Gasteiger partial charge on any atom is 0.573 e. The minimum Gasteiger partial charge on any atom is -0.492 e. The molecule has 0 bridgehead atoms. The number of anilines is 1. The molecule has 0 saturated carbocycles. The van der Waals surface area contributed by atoms with Crippen LogP contribution in [-0.4, -0.2) is 38.3 Å². The van der Waals surface area contributed by atoms with Crippen LogP contribution in [0.25, 0.3) is 11.1 Å². The third-order valence-electron chi connectivity index (χ3n) is 5.55. The quantitative estimate of drug-likeness (QED) is 0.399. The number of rotatable bonds is 8. The van der Waals surface area contributed by atoms with E-state index in [4.69, 9.17) is 17.1 Å². The first kappa shape index (κ1) is 22.7. The lowest BCUT2D eigenvalue weighted by molar-refractivity contribution is -0.274. The SMILES string of the molecule is [2H]C1([2H])Cc2c(C#N)c(NCC(=C)C(=O)NOC3CCCCO3)cc(-c3ccc(OC(F)(F)F)cc3)c2O1. The summed E-state index contributed by atoms with van der Waals surface area (Å²) in [5, 5.41) is 12.8. The molecule has 0 aromatic heterocycles. The zero-order chi connectivity index (χ0) is 27.5. The number of hydrogen-bond donors (Lipinski definition) is 2. The van der Waals surface area contributed by atoms with E-state index >= 15 is 0 Å². The summed E-state index contributed by atoms with van der Waals surface area (Å²) < 4.78 is 68.5. The molecule has 1 unspecified atom stereocenters. The molecule has 0 radical (unpaired) electrons.